The van der Waals surface area contributed by atoms with Crippen molar-refractivity contribution in [2.24, 2.45) is 5.73 Å². The average Bonchev–Trinajstić information content (AvgIpc) is 3.56. The van der Waals surface area contributed by atoms with E-state index in [2.05, 4.69) is 10.3 Å². The van der Waals surface area contributed by atoms with Gasteiger partial charge in [0.25, 0.3) is 0 Å². The zero-order valence-corrected chi connectivity index (χ0v) is 20.5. The molecule has 5 nitrogen and oxygen atoms in total. The molecular weight excluding hydrogens is 500 g/mol. The summed E-state index contributed by atoms with van der Waals surface area (Å²) in [5, 5.41) is 3.36. The van der Waals surface area contributed by atoms with Gasteiger partial charge in [0.2, 0.25) is 5.91 Å². The van der Waals surface area contributed by atoms with Crippen molar-refractivity contribution in [3.8, 4) is 0 Å². The Morgan fingerprint density at radius 1 is 0.971 bits per heavy atom. The van der Waals surface area contributed by atoms with Gasteiger partial charge in [-0.2, -0.15) is 13.2 Å². The van der Waals surface area contributed by atoms with Crippen LogP contribution in [0.4, 0.5) is 18.9 Å². The summed E-state index contributed by atoms with van der Waals surface area (Å²) >= 11 is 0. The van der Waals surface area contributed by atoms with Crippen molar-refractivity contribution >= 4 is 36.4 Å². The van der Waals surface area contributed by atoms with Gasteiger partial charge in [-0.3, -0.25) is 9.78 Å². The smallest absolute Gasteiger partial charge is 0.373 e. The van der Waals surface area contributed by atoms with Gasteiger partial charge in [-0.25, -0.2) is 0 Å². The van der Waals surface area contributed by atoms with Crippen molar-refractivity contribution in [1.82, 2.24) is 9.88 Å². The summed E-state index contributed by atoms with van der Waals surface area (Å²) in [5.74, 6) is -0.720. The maximum absolute atomic E-state index is 13.9. The van der Waals surface area contributed by atoms with Crippen molar-refractivity contribution in [3.63, 3.8) is 0 Å². The molecule has 10 heteroatoms. The average molecular weight is 527 g/mol. The third-order valence-corrected chi connectivity index (χ3v) is 5.88. The number of aromatic nitrogens is 1. The highest BCUT2D eigenvalue weighted by molar-refractivity contribution is 5.89. The number of nitrogens with one attached hydrogen (secondary N) is 1. The highest BCUT2D eigenvalue weighted by Crippen LogP contribution is 2.41. The fourth-order valence-corrected chi connectivity index (χ4v) is 3.87. The normalized spacial score (nSPS) is 14.8. The predicted molar refractivity (Wildman–Crippen MR) is 135 cm³/mol. The van der Waals surface area contributed by atoms with E-state index < -0.39 is 23.7 Å². The molecule has 1 aromatic heterocycles. The van der Waals surface area contributed by atoms with Crippen molar-refractivity contribution in [3.05, 3.63) is 95.8 Å². The first-order valence-electron chi connectivity index (χ1n) is 10.6. The summed E-state index contributed by atoms with van der Waals surface area (Å²) < 4.78 is 41.7. The minimum absolute atomic E-state index is 0. The van der Waals surface area contributed by atoms with Crippen LogP contribution < -0.4 is 11.1 Å². The fourth-order valence-electron chi connectivity index (χ4n) is 3.87. The van der Waals surface area contributed by atoms with Crippen LogP contribution in [-0.2, 0) is 4.79 Å². The Morgan fingerprint density at radius 2 is 1.49 bits per heavy atom. The van der Waals surface area contributed by atoms with Gasteiger partial charge in [-0.05, 0) is 36.1 Å². The highest BCUT2D eigenvalue weighted by Gasteiger charge is 2.53. The minimum Gasteiger partial charge on any atom is -0.373 e. The number of nitrogens with two attached hydrogens (primary N) is 1. The molecule has 3 aromatic rings. The van der Waals surface area contributed by atoms with Crippen LogP contribution in [0.25, 0.3) is 0 Å². The van der Waals surface area contributed by atoms with E-state index in [-0.39, 0.29) is 36.5 Å². The Bertz CT molecular complexity index is 1060. The largest absolute Gasteiger partial charge is 0.414 e. The van der Waals surface area contributed by atoms with E-state index in [1.54, 1.807) is 6.07 Å². The molecule has 1 aliphatic rings. The monoisotopic (exact) mass is 526 g/mol. The molecule has 1 atom stereocenters. The number of carbonyl (C=O) groups is 1. The number of anilines is 1. The van der Waals surface area contributed by atoms with E-state index in [4.69, 9.17) is 5.73 Å². The number of amides is 1. The Labute approximate surface area is 214 Å². The fraction of sp³-hybridized carbons (Fsp3) is 0.280. The van der Waals surface area contributed by atoms with Crippen LogP contribution in [0.1, 0.15) is 41.7 Å². The minimum atomic E-state index is -4.69. The van der Waals surface area contributed by atoms with Crippen LogP contribution in [0.5, 0.6) is 0 Å². The molecule has 1 heterocycles. The standard InChI is InChI=1S/C25H25F3N4O.2ClH/c1-32(23(33)24(29)14-15-24)22(25(26,27)28)20-13-12-19(16-30-20)31-21(17-8-4-2-5-9-17)18-10-6-3-7-11-18;;/h2-13,16,21-22,31H,14-15,29H2,1H3;2*1H/t22-;;/m0../s1. The van der Waals surface area contributed by atoms with Gasteiger partial charge in [0.1, 0.15) is 0 Å². The molecule has 0 saturated heterocycles. The van der Waals surface area contributed by atoms with Gasteiger partial charge in [-0.15, -0.1) is 24.8 Å². The number of carbonyl (C=O) groups excluding carboxylic acids is 1. The molecule has 0 radical (unpaired) electrons. The maximum Gasteiger partial charge on any atom is 0.414 e. The number of benzene rings is 2. The van der Waals surface area contributed by atoms with Crippen LogP contribution >= 0.6 is 24.8 Å². The molecule has 0 bridgehead atoms. The van der Waals surface area contributed by atoms with E-state index >= 15 is 0 Å². The molecule has 0 aliphatic heterocycles. The molecule has 35 heavy (non-hydrogen) atoms. The van der Waals surface area contributed by atoms with E-state index in [1.165, 1.54) is 12.3 Å². The molecule has 4 rings (SSSR count). The zero-order chi connectivity index (χ0) is 23.6. The Hall–Kier alpha value is -2.81. The van der Waals surface area contributed by atoms with Gasteiger partial charge < -0.3 is 16.0 Å². The summed E-state index contributed by atoms with van der Waals surface area (Å²) in [6.07, 6.45) is -2.55. The van der Waals surface area contributed by atoms with Crippen molar-refractivity contribution in [1.29, 1.82) is 0 Å². The molecular formula is C25H27Cl2F3N4O. The van der Waals surface area contributed by atoms with E-state index in [0.717, 1.165) is 18.2 Å². The zero-order valence-electron chi connectivity index (χ0n) is 18.9. The topological polar surface area (TPSA) is 71.2 Å². The molecule has 1 aliphatic carbocycles. The maximum atomic E-state index is 13.9. The molecule has 2 aromatic carbocycles. The van der Waals surface area contributed by atoms with Crippen LogP contribution in [0.3, 0.4) is 0 Å². The lowest BCUT2D eigenvalue weighted by molar-refractivity contribution is -0.190. The molecule has 0 spiro atoms. The quantitative estimate of drug-likeness (QED) is 0.415. The summed E-state index contributed by atoms with van der Waals surface area (Å²) in [4.78, 5) is 17.2. The number of likely N-dealkylation sites (N-methyl/N-ethyl adjacent to an activating group) is 1. The summed E-state index contributed by atoms with van der Waals surface area (Å²) in [7, 11) is 1.13. The van der Waals surface area contributed by atoms with Crippen LogP contribution in [0, 0.1) is 0 Å². The molecule has 0 unspecified atom stereocenters. The first-order valence-corrected chi connectivity index (χ1v) is 10.6. The number of hydrogen-bond donors (Lipinski definition) is 2. The summed E-state index contributed by atoms with van der Waals surface area (Å²) in [6, 6.07) is 19.9. The van der Waals surface area contributed by atoms with Crippen LogP contribution in [-0.4, -0.2) is 34.6 Å². The first-order chi connectivity index (χ1) is 15.7. The molecule has 1 saturated carbocycles. The second-order valence-electron chi connectivity index (χ2n) is 8.39. The summed E-state index contributed by atoms with van der Waals surface area (Å²) in [5.41, 5.74) is 6.96. The van der Waals surface area contributed by atoms with E-state index in [9.17, 15) is 18.0 Å². The highest BCUT2D eigenvalue weighted by atomic mass is 35.5. The van der Waals surface area contributed by atoms with Crippen LogP contribution in [0.2, 0.25) is 0 Å². The van der Waals surface area contributed by atoms with E-state index in [1.807, 2.05) is 60.7 Å². The number of rotatable bonds is 7. The second kappa shape index (κ2) is 11.3. The lowest BCUT2D eigenvalue weighted by atomic mass is 9.98. The number of pyridine rings is 1. The van der Waals surface area contributed by atoms with Crippen molar-refractivity contribution < 1.29 is 18.0 Å². The molecule has 1 fully saturated rings. The van der Waals surface area contributed by atoms with Gasteiger partial charge in [0.15, 0.2) is 6.04 Å². The number of alkyl halides is 3. The van der Waals surface area contributed by atoms with Crippen molar-refractivity contribution in [2.75, 3.05) is 12.4 Å². The predicted octanol–water partition coefficient (Wildman–Crippen LogP) is 5.68. The number of hydrogen-bond acceptors (Lipinski definition) is 4. The molecule has 188 valence electrons. The third kappa shape index (κ3) is 6.45. The first kappa shape index (κ1) is 28.4. The summed E-state index contributed by atoms with van der Waals surface area (Å²) in [6.45, 7) is 0. The SMILES string of the molecule is CN(C(=O)C1(N)CC1)[C@@H](c1ccc(NC(c2ccccc2)c2ccccc2)cn1)C(F)(F)F.Cl.Cl. The molecule has 1 amide bonds. The molecule has 3 N–H and O–H groups in total. The third-order valence-electron chi connectivity index (χ3n) is 5.88. The number of nitrogens with zero attached hydrogens (tertiary/aromatic N) is 2. The number of halogens is 5. The lowest BCUT2D eigenvalue weighted by Crippen LogP contribution is -2.49. The van der Waals surface area contributed by atoms with Gasteiger partial charge >= 0.3 is 6.18 Å². The van der Waals surface area contributed by atoms with Gasteiger partial charge in [-0.1, -0.05) is 60.7 Å². The second-order valence-corrected chi connectivity index (χ2v) is 8.39. The Balaban J connectivity index is 0.00000216. The van der Waals surface area contributed by atoms with E-state index in [0.29, 0.717) is 23.4 Å². The Morgan fingerprint density at radius 3 is 1.89 bits per heavy atom. The van der Waals surface area contributed by atoms with Gasteiger partial charge in [0, 0.05) is 7.05 Å². The lowest BCUT2D eigenvalue weighted by Gasteiger charge is -2.31. The van der Waals surface area contributed by atoms with Gasteiger partial charge in [0.05, 0.1) is 29.2 Å². The van der Waals surface area contributed by atoms with Crippen LogP contribution in [0.15, 0.2) is 79.0 Å². The van der Waals surface area contributed by atoms with Crippen molar-refractivity contribution in [2.45, 2.75) is 36.6 Å². The Kier molecular flexibility index (Phi) is 9.17.